The third kappa shape index (κ3) is 4.17. The topological polar surface area (TPSA) is 114 Å². The van der Waals surface area contributed by atoms with Gasteiger partial charge >= 0.3 is 5.97 Å². The molecule has 8 heteroatoms. The van der Waals surface area contributed by atoms with E-state index in [9.17, 15) is 19.5 Å². The molecule has 0 radical (unpaired) electrons. The van der Waals surface area contributed by atoms with Crippen LogP contribution in [-0.4, -0.2) is 53.5 Å². The van der Waals surface area contributed by atoms with E-state index in [1.165, 1.54) is 20.8 Å². The number of nitrogens with one attached hydrogen (secondary N) is 2. The van der Waals surface area contributed by atoms with Gasteiger partial charge in [0.05, 0.1) is 12.1 Å². The lowest BCUT2D eigenvalue weighted by Gasteiger charge is -2.43. The molecule has 0 unspecified atom stereocenters. The Bertz CT molecular complexity index is 371. The Labute approximate surface area is 116 Å². The van der Waals surface area contributed by atoms with Crippen molar-refractivity contribution in [3.05, 3.63) is 0 Å². The second-order valence-electron chi connectivity index (χ2n) is 4.76. The molecule has 0 saturated carbocycles. The Morgan fingerprint density at radius 2 is 1.55 bits per heavy atom. The number of carbonyl (C=O) groups is 3. The van der Waals surface area contributed by atoms with Gasteiger partial charge in [-0.15, -0.1) is 0 Å². The van der Waals surface area contributed by atoms with Crippen molar-refractivity contribution < 1.29 is 29.0 Å². The summed E-state index contributed by atoms with van der Waals surface area (Å²) in [4.78, 5) is 33.7. The second kappa shape index (κ2) is 6.67. The molecule has 2 amide bonds. The molecule has 1 aliphatic rings. The van der Waals surface area contributed by atoms with Crippen LogP contribution >= 0.6 is 0 Å². The summed E-state index contributed by atoms with van der Waals surface area (Å²) >= 11 is 0. The zero-order chi connectivity index (χ0) is 15.4. The molecule has 1 fully saturated rings. The smallest absolute Gasteiger partial charge is 0.303 e. The van der Waals surface area contributed by atoms with Crippen molar-refractivity contribution in [2.24, 2.45) is 0 Å². The van der Waals surface area contributed by atoms with Crippen LogP contribution < -0.4 is 10.6 Å². The van der Waals surface area contributed by atoms with Crippen molar-refractivity contribution in [1.82, 2.24) is 10.6 Å². The standard InChI is InChI=1S/C12H20N2O6/c1-5-9(13-6(2)15)11(20-8(4)17)10(12(18)19-5)14-7(3)16/h5,9-12,18H,1-4H3,(H,13,15)(H,14,16)/t5-,9-,10+,11+,12+/m1/s1. The summed E-state index contributed by atoms with van der Waals surface area (Å²) in [6.45, 7) is 5.42. The summed E-state index contributed by atoms with van der Waals surface area (Å²) in [5.41, 5.74) is 0. The van der Waals surface area contributed by atoms with Crippen molar-refractivity contribution in [2.75, 3.05) is 0 Å². The van der Waals surface area contributed by atoms with E-state index in [1.54, 1.807) is 6.92 Å². The number of aliphatic hydroxyl groups excluding tert-OH is 1. The lowest BCUT2D eigenvalue weighted by molar-refractivity contribution is -0.222. The number of hydrogen-bond donors (Lipinski definition) is 3. The fourth-order valence-corrected chi connectivity index (χ4v) is 2.20. The molecule has 1 aliphatic heterocycles. The molecule has 5 atom stereocenters. The molecule has 1 heterocycles. The summed E-state index contributed by atoms with van der Waals surface area (Å²) in [6, 6.07) is -1.62. The van der Waals surface area contributed by atoms with Crippen molar-refractivity contribution in [2.45, 2.75) is 58.3 Å². The first-order chi connectivity index (χ1) is 9.22. The van der Waals surface area contributed by atoms with Crippen molar-refractivity contribution in [3.8, 4) is 0 Å². The van der Waals surface area contributed by atoms with Crippen molar-refractivity contribution in [1.29, 1.82) is 0 Å². The van der Waals surface area contributed by atoms with Crippen LogP contribution in [0.4, 0.5) is 0 Å². The van der Waals surface area contributed by atoms with Crippen molar-refractivity contribution >= 4 is 17.8 Å². The normalized spacial score (nSPS) is 33.1. The highest BCUT2D eigenvalue weighted by Gasteiger charge is 2.46. The average molecular weight is 288 g/mol. The molecule has 1 saturated heterocycles. The minimum Gasteiger partial charge on any atom is -0.458 e. The van der Waals surface area contributed by atoms with E-state index >= 15 is 0 Å². The Balaban J connectivity index is 3.01. The van der Waals surface area contributed by atoms with Crippen LogP contribution in [-0.2, 0) is 23.9 Å². The van der Waals surface area contributed by atoms with Crippen LogP contribution in [0.2, 0.25) is 0 Å². The third-order valence-electron chi connectivity index (χ3n) is 2.92. The maximum Gasteiger partial charge on any atom is 0.303 e. The van der Waals surface area contributed by atoms with Gasteiger partial charge in [0.2, 0.25) is 11.8 Å². The Morgan fingerprint density at radius 3 is 2.00 bits per heavy atom. The van der Waals surface area contributed by atoms with Crippen LogP contribution in [0.25, 0.3) is 0 Å². The number of aliphatic hydroxyl groups is 1. The Morgan fingerprint density at radius 1 is 1.05 bits per heavy atom. The second-order valence-corrected chi connectivity index (χ2v) is 4.76. The number of carbonyl (C=O) groups excluding carboxylic acids is 3. The lowest BCUT2D eigenvalue weighted by Crippen LogP contribution is -2.67. The van der Waals surface area contributed by atoms with Gasteiger partial charge in [-0.2, -0.15) is 0 Å². The molecule has 0 aromatic carbocycles. The largest absolute Gasteiger partial charge is 0.458 e. The fraction of sp³-hybridized carbons (Fsp3) is 0.750. The van der Waals surface area contributed by atoms with Gasteiger partial charge in [-0.25, -0.2) is 0 Å². The van der Waals surface area contributed by atoms with E-state index in [2.05, 4.69) is 10.6 Å². The third-order valence-corrected chi connectivity index (χ3v) is 2.92. The summed E-state index contributed by atoms with van der Waals surface area (Å²) in [5, 5.41) is 15.0. The van der Waals surface area contributed by atoms with Gasteiger partial charge in [-0.1, -0.05) is 0 Å². The van der Waals surface area contributed by atoms with E-state index in [0.29, 0.717) is 0 Å². The summed E-state index contributed by atoms with van der Waals surface area (Å²) in [5.74, 6) is -1.33. The molecule has 0 aromatic rings. The first-order valence-electron chi connectivity index (χ1n) is 6.27. The maximum absolute atomic E-state index is 11.2. The number of hydrogen-bond acceptors (Lipinski definition) is 6. The zero-order valence-corrected chi connectivity index (χ0v) is 11.9. The first-order valence-corrected chi connectivity index (χ1v) is 6.27. The molecule has 0 aromatic heterocycles. The number of esters is 1. The number of rotatable bonds is 3. The van der Waals surface area contributed by atoms with Gasteiger partial charge in [-0.05, 0) is 6.92 Å². The van der Waals surface area contributed by atoms with Crippen LogP contribution in [0.3, 0.4) is 0 Å². The predicted molar refractivity (Wildman–Crippen MR) is 67.3 cm³/mol. The molecule has 8 nitrogen and oxygen atoms in total. The van der Waals surface area contributed by atoms with Gasteiger partial charge in [0.1, 0.15) is 12.1 Å². The Kier molecular flexibility index (Phi) is 5.46. The van der Waals surface area contributed by atoms with Gasteiger partial charge in [-0.3, -0.25) is 14.4 Å². The van der Waals surface area contributed by atoms with Crippen molar-refractivity contribution in [3.63, 3.8) is 0 Å². The minimum atomic E-state index is -1.33. The van der Waals surface area contributed by atoms with Gasteiger partial charge in [0.25, 0.3) is 0 Å². The molecule has 114 valence electrons. The highest BCUT2D eigenvalue weighted by Crippen LogP contribution is 2.22. The lowest BCUT2D eigenvalue weighted by atomic mass is 9.94. The summed E-state index contributed by atoms with van der Waals surface area (Å²) in [6.07, 6.45) is -2.83. The minimum absolute atomic E-state index is 0.333. The van der Waals surface area contributed by atoms with E-state index in [0.717, 1.165) is 0 Å². The molecule has 0 bridgehead atoms. The quantitative estimate of drug-likeness (QED) is 0.554. The van der Waals surface area contributed by atoms with E-state index in [1.807, 2.05) is 0 Å². The molecular formula is C12H20N2O6. The van der Waals surface area contributed by atoms with Gasteiger partial charge < -0.3 is 25.2 Å². The van der Waals surface area contributed by atoms with E-state index in [4.69, 9.17) is 9.47 Å². The Hall–Kier alpha value is -1.67. The molecule has 0 aliphatic carbocycles. The molecule has 1 rings (SSSR count). The molecule has 3 N–H and O–H groups in total. The highest BCUT2D eigenvalue weighted by molar-refractivity contribution is 5.74. The molecule has 20 heavy (non-hydrogen) atoms. The van der Waals surface area contributed by atoms with Crippen LogP contribution in [0, 0.1) is 0 Å². The SMILES string of the molecule is CC(=O)N[C@H]1[C@H](OC(C)=O)[C@H](NC(C)=O)[C@@H](O)O[C@@H]1C. The average Bonchev–Trinajstić information content (AvgIpc) is 2.27. The monoisotopic (exact) mass is 288 g/mol. The highest BCUT2D eigenvalue weighted by atomic mass is 16.6. The van der Waals surface area contributed by atoms with Gasteiger partial charge in [0.15, 0.2) is 6.29 Å². The fourth-order valence-electron chi connectivity index (χ4n) is 2.20. The van der Waals surface area contributed by atoms with Gasteiger partial charge in [0, 0.05) is 20.8 Å². The van der Waals surface area contributed by atoms with Crippen LogP contribution in [0.5, 0.6) is 0 Å². The van der Waals surface area contributed by atoms with Crippen LogP contribution in [0.1, 0.15) is 27.7 Å². The summed E-state index contributed by atoms with van der Waals surface area (Å²) < 4.78 is 10.4. The maximum atomic E-state index is 11.2. The molecule has 0 spiro atoms. The van der Waals surface area contributed by atoms with Crippen LogP contribution in [0.15, 0.2) is 0 Å². The first kappa shape index (κ1) is 16.4. The van der Waals surface area contributed by atoms with E-state index < -0.39 is 42.5 Å². The summed E-state index contributed by atoms with van der Waals surface area (Å²) in [7, 11) is 0. The predicted octanol–water partition coefficient (Wildman–Crippen LogP) is -1.34. The van der Waals surface area contributed by atoms with E-state index in [-0.39, 0.29) is 5.91 Å². The zero-order valence-electron chi connectivity index (χ0n) is 11.9. The molecular weight excluding hydrogens is 268 g/mol. The number of amides is 2. The number of ether oxygens (including phenoxy) is 2.